The minimum Gasteiger partial charge on any atom is -0.371 e. The number of aliphatic hydroxyl groups is 1. The number of nitrogens with one attached hydrogen (secondary N) is 1. The van der Waals surface area contributed by atoms with Gasteiger partial charge in [0.2, 0.25) is 0 Å². The average Bonchev–Trinajstić information content (AvgIpc) is 2.88. The Labute approximate surface area is 225 Å². The second kappa shape index (κ2) is 11.3. The zero-order chi connectivity index (χ0) is 26.6. The number of allylic oxidation sites excluding steroid dienone is 2. The lowest BCUT2D eigenvalue weighted by Gasteiger charge is -2.24. The largest absolute Gasteiger partial charge is 0.371 e. The zero-order valence-electron chi connectivity index (χ0n) is 20.8. The van der Waals surface area contributed by atoms with Crippen molar-refractivity contribution in [1.82, 2.24) is 9.97 Å². The molecule has 1 unspecified atom stereocenters. The molecule has 0 saturated heterocycles. The highest BCUT2D eigenvalue weighted by Crippen LogP contribution is 2.35. The van der Waals surface area contributed by atoms with Crippen LogP contribution in [0.2, 0.25) is 5.02 Å². The summed E-state index contributed by atoms with van der Waals surface area (Å²) < 4.78 is 27.6. The Kier molecular flexibility index (Phi) is 7.67. The first-order valence-electron chi connectivity index (χ1n) is 12.5. The number of nitrogens with zero attached hydrogens (tertiary/aromatic N) is 3. The lowest BCUT2D eigenvalue weighted by Crippen LogP contribution is -2.23. The highest BCUT2D eigenvalue weighted by Gasteiger charge is 2.17. The summed E-state index contributed by atoms with van der Waals surface area (Å²) in [6.07, 6.45) is 5.98. The van der Waals surface area contributed by atoms with E-state index < -0.39 is 12.0 Å². The van der Waals surface area contributed by atoms with Crippen molar-refractivity contribution in [2.45, 2.75) is 38.8 Å². The summed E-state index contributed by atoms with van der Waals surface area (Å²) in [4.78, 5) is 8.99. The SMILES string of the molecule is CC(O)N(F)c1ccc(CC(Nc2ccc(-c3nccnc3-c3ccc(F)cc3Cl)cc2)=C2CCC2)cc1. The van der Waals surface area contributed by atoms with Crippen LogP contribution in [0.25, 0.3) is 22.5 Å². The molecule has 194 valence electrons. The molecular weight excluding hydrogens is 506 g/mol. The minimum atomic E-state index is -1.20. The molecule has 1 fully saturated rings. The zero-order valence-corrected chi connectivity index (χ0v) is 21.6. The highest BCUT2D eigenvalue weighted by molar-refractivity contribution is 6.33. The number of hydrogen-bond donors (Lipinski definition) is 2. The predicted molar refractivity (Wildman–Crippen MR) is 148 cm³/mol. The summed E-state index contributed by atoms with van der Waals surface area (Å²) in [7, 11) is 0. The summed E-state index contributed by atoms with van der Waals surface area (Å²) in [5, 5.41) is 13.7. The minimum absolute atomic E-state index is 0.278. The van der Waals surface area contributed by atoms with E-state index in [-0.39, 0.29) is 5.02 Å². The summed E-state index contributed by atoms with van der Waals surface area (Å²) in [6, 6.07) is 19.3. The topological polar surface area (TPSA) is 61.3 Å². The van der Waals surface area contributed by atoms with E-state index >= 15 is 0 Å². The van der Waals surface area contributed by atoms with Gasteiger partial charge in [-0.25, -0.2) is 4.39 Å². The van der Waals surface area contributed by atoms with Gasteiger partial charge in [0.1, 0.15) is 5.82 Å². The number of hydrogen-bond acceptors (Lipinski definition) is 5. The molecule has 0 aliphatic heterocycles. The third-order valence-corrected chi connectivity index (χ3v) is 6.93. The van der Waals surface area contributed by atoms with Crippen LogP contribution in [0.15, 0.2) is 90.4 Å². The van der Waals surface area contributed by atoms with Crippen LogP contribution in [0.4, 0.5) is 20.2 Å². The van der Waals surface area contributed by atoms with E-state index in [1.807, 2.05) is 36.4 Å². The van der Waals surface area contributed by atoms with Gasteiger partial charge in [-0.2, -0.15) is 5.12 Å². The molecule has 1 atom stereocenters. The monoisotopic (exact) mass is 532 g/mol. The molecule has 2 N–H and O–H groups in total. The van der Waals surface area contributed by atoms with Crippen molar-refractivity contribution in [2.75, 3.05) is 10.4 Å². The second-order valence-electron chi connectivity index (χ2n) is 9.30. The van der Waals surface area contributed by atoms with Gasteiger partial charge < -0.3 is 10.4 Å². The summed E-state index contributed by atoms with van der Waals surface area (Å²) in [5.74, 6) is -0.406. The van der Waals surface area contributed by atoms with Crippen LogP contribution in [0, 0.1) is 5.82 Å². The summed E-state index contributed by atoms with van der Waals surface area (Å²) in [6.45, 7) is 1.38. The molecule has 0 amide bonds. The van der Waals surface area contributed by atoms with Gasteiger partial charge in [0, 0.05) is 41.3 Å². The van der Waals surface area contributed by atoms with Crippen LogP contribution in [0.1, 0.15) is 31.7 Å². The van der Waals surface area contributed by atoms with Gasteiger partial charge >= 0.3 is 0 Å². The summed E-state index contributed by atoms with van der Waals surface area (Å²) >= 11 is 6.30. The van der Waals surface area contributed by atoms with Crippen molar-refractivity contribution in [3.8, 4) is 22.5 Å². The van der Waals surface area contributed by atoms with Crippen molar-refractivity contribution in [1.29, 1.82) is 0 Å². The van der Waals surface area contributed by atoms with E-state index in [1.165, 1.54) is 31.1 Å². The number of aliphatic hydroxyl groups excluding tert-OH is 1. The first-order valence-corrected chi connectivity index (χ1v) is 12.8. The fraction of sp³-hybridized carbons (Fsp3) is 0.200. The van der Waals surface area contributed by atoms with Crippen LogP contribution in [0.3, 0.4) is 0 Å². The molecule has 5 nitrogen and oxygen atoms in total. The third-order valence-electron chi connectivity index (χ3n) is 6.61. The molecule has 0 radical (unpaired) electrons. The van der Waals surface area contributed by atoms with E-state index in [4.69, 9.17) is 11.6 Å². The molecule has 1 aromatic heterocycles. The molecule has 5 rings (SSSR count). The van der Waals surface area contributed by atoms with Crippen molar-refractivity contribution < 1.29 is 14.0 Å². The Morgan fingerprint density at radius 1 is 1.00 bits per heavy atom. The Balaban J connectivity index is 1.36. The van der Waals surface area contributed by atoms with Crippen LogP contribution in [0.5, 0.6) is 0 Å². The number of rotatable bonds is 8. The average molecular weight is 533 g/mol. The van der Waals surface area contributed by atoms with Gasteiger partial charge in [-0.15, -0.1) is 0 Å². The Morgan fingerprint density at radius 3 is 2.29 bits per heavy atom. The number of anilines is 2. The fourth-order valence-corrected chi connectivity index (χ4v) is 4.66. The van der Waals surface area contributed by atoms with E-state index in [9.17, 15) is 14.0 Å². The molecule has 38 heavy (non-hydrogen) atoms. The van der Waals surface area contributed by atoms with Gasteiger partial charge in [-0.1, -0.05) is 45.9 Å². The number of benzene rings is 3. The Bertz CT molecular complexity index is 1450. The Hall–Kier alpha value is -3.81. The second-order valence-corrected chi connectivity index (χ2v) is 9.71. The lowest BCUT2D eigenvalue weighted by molar-refractivity contribution is 0.134. The molecule has 3 aromatic carbocycles. The maximum absolute atomic E-state index is 14.0. The quantitative estimate of drug-likeness (QED) is 0.180. The third kappa shape index (κ3) is 5.69. The smallest absolute Gasteiger partial charge is 0.153 e. The molecule has 0 spiro atoms. The predicted octanol–water partition coefficient (Wildman–Crippen LogP) is 7.72. The van der Waals surface area contributed by atoms with Crippen LogP contribution in [-0.4, -0.2) is 21.3 Å². The molecule has 4 aromatic rings. The van der Waals surface area contributed by atoms with Crippen molar-refractivity contribution >= 4 is 23.0 Å². The molecule has 0 bridgehead atoms. The molecular formula is C30H27ClF2N4O. The van der Waals surface area contributed by atoms with Crippen LogP contribution in [-0.2, 0) is 6.42 Å². The normalized spacial score (nSPS) is 13.6. The van der Waals surface area contributed by atoms with E-state index in [0.29, 0.717) is 34.2 Å². The van der Waals surface area contributed by atoms with Crippen LogP contribution >= 0.6 is 11.6 Å². The molecule has 1 aliphatic rings. The maximum Gasteiger partial charge on any atom is 0.153 e. The van der Waals surface area contributed by atoms with Gasteiger partial charge in [-0.3, -0.25) is 9.97 Å². The lowest BCUT2D eigenvalue weighted by atomic mass is 9.88. The van der Waals surface area contributed by atoms with Crippen molar-refractivity contribution in [2.24, 2.45) is 0 Å². The summed E-state index contributed by atoms with van der Waals surface area (Å²) in [5.41, 5.74) is 7.55. The number of halogens is 3. The van der Waals surface area contributed by atoms with Crippen molar-refractivity contribution in [3.05, 3.63) is 107 Å². The standard InChI is InChI=1S/C30H27ClF2N4O/c1-19(38)37(33)25-12-5-20(6-13-25)17-28(21-3-2-4-21)36-24-10-7-22(8-11-24)29-30(35-16-15-34-29)26-14-9-23(32)18-27(26)31/h5-16,18-19,36,38H,2-4,17H2,1H3. The van der Waals surface area contributed by atoms with E-state index in [0.717, 1.165) is 35.4 Å². The molecule has 8 heteroatoms. The van der Waals surface area contributed by atoms with Gasteiger partial charge in [0.05, 0.1) is 22.1 Å². The maximum atomic E-state index is 14.0. The first kappa shape index (κ1) is 25.8. The van der Waals surface area contributed by atoms with Gasteiger partial charge in [0.15, 0.2) is 6.23 Å². The molecule has 1 heterocycles. The van der Waals surface area contributed by atoms with Gasteiger partial charge in [-0.05, 0) is 74.2 Å². The fourth-order valence-electron chi connectivity index (χ4n) is 4.40. The van der Waals surface area contributed by atoms with E-state index in [2.05, 4.69) is 15.3 Å². The van der Waals surface area contributed by atoms with Crippen LogP contribution < -0.4 is 10.4 Å². The Morgan fingerprint density at radius 2 is 1.68 bits per heavy atom. The first-order chi connectivity index (χ1) is 18.4. The van der Waals surface area contributed by atoms with Crippen molar-refractivity contribution in [3.63, 3.8) is 0 Å². The van der Waals surface area contributed by atoms with E-state index in [1.54, 1.807) is 30.6 Å². The molecule has 1 aliphatic carbocycles. The molecule has 1 saturated carbocycles. The number of aromatic nitrogens is 2. The highest BCUT2D eigenvalue weighted by atomic mass is 35.5. The van der Waals surface area contributed by atoms with Gasteiger partial charge in [0.25, 0.3) is 0 Å².